The molecule has 0 aliphatic carbocycles. The Kier molecular flexibility index (Phi) is 8.78. The number of carbonyl (C=O) groups is 2. The maximum atomic E-state index is 12.8. The molecule has 0 radical (unpaired) electrons. The van der Waals surface area contributed by atoms with Crippen LogP contribution in [0.25, 0.3) is 11.1 Å². The van der Waals surface area contributed by atoms with Crippen LogP contribution in [0, 0.1) is 5.92 Å². The van der Waals surface area contributed by atoms with Crippen LogP contribution in [0.3, 0.4) is 0 Å². The maximum absolute atomic E-state index is 12.8. The van der Waals surface area contributed by atoms with Gasteiger partial charge in [-0.05, 0) is 65.9 Å². The minimum Gasteiger partial charge on any atom is -0.497 e. The zero-order valence-electron chi connectivity index (χ0n) is 21.4. The highest BCUT2D eigenvalue weighted by Gasteiger charge is 2.22. The van der Waals surface area contributed by atoms with Gasteiger partial charge < -0.3 is 9.84 Å². The monoisotopic (exact) mass is 543 g/mol. The predicted octanol–water partition coefficient (Wildman–Crippen LogP) is 6.07. The first-order chi connectivity index (χ1) is 18.7. The van der Waals surface area contributed by atoms with Gasteiger partial charge in [-0.3, -0.25) is 14.3 Å². The standard InChI is InChI=1S/C31H29NO6S/c1-38-28-17-19-29(20-18-28)39(36,37)32-27-15-13-24(14-16-27)23-9-11-25(12-10-23)30(33)21-26(31(34)35)8-7-22-5-3-2-4-6-22/h2-6,9-20,26,32H,7-8,21H2,1H3,(H,34,35). The molecular formula is C31H29NO6S. The molecular weight excluding hydrogens is 514 g/mol. The van der Waals surface area contributed by atoms with Crippen LogP contribution in [-0.4, -0.2) is 32.4 Å². The molecule has 8 heteroatoms. The number of anilines is 1. The van der Waals surface area contributed by atoms with E-state index in [0.29, 0.717) is 29.8 Å². The topological polar surface area (TPSA) is 110 Å². The van der Waals surface area contributed by atoms with E-state index < -0.39 is 21.9 Å². The second-order valence-electron chi connectivity index (χ2n) is 9.12. The lowest BCUT2D eigenvalue weighted by Gasteiger charge is -2.12. The number of hydrogen-bond donors (Lipinski definition) is 2. The molecule has 0 aliphatic heterocycles. The lowest BCUT2D eigenvalue weighted by Crippen LogP contribution is -2.19. The molecule has 0 aromatic heterocycles. The number of ether oxygens (including phenoxy) is 1. The summed E-state index contributed by atoms with van der Waals surface area (Å²) in [6.07, 6.45) is 0.915. The van der Waals surface area contributed by atoms with E-state index in [4.69, 9.17) is 4.74 Å². The van der Waals surface area contributed by atoms with Crippen LogP contribution in [0.15, 0.2) is 108 Å². The Hall–Kier alpha value is -4.43. The van der Waals surface area contributed by atoms with E-state index in [-0.39, 0.29) is 17.1 Å². The molecule has 7 nitrogen and oxygen atoms in total. The summed E-state index contributed by atoms with van der Waals surface area (Å²) in [4.78, 5) is 24.7. The predicted molar refractivity (Wildman–Crippen MR) is 151 cm³/mol. The van der Waals surface area contributed by atoms with Crippen LogP contribution in [-0.2, 0) is 21.2 Å². The van der Waals surface area contributed by atoms with Gasteiger partial charge in [-0.15, -0.1) is 0 Å². The van der Waals surface area contributed by atoms with Crippen molar-refractivity contribution in [2.24, 2.45) is 5.92 Å². The van der Waals surface area contributed by atoms with Gasteiger partial charge in [0, 0.05) is 17.7 Å². The van der Waals surface area contributed by atoms with Gasteiger partial charge in [0.15, 0.2) is 5.78 Å². The molecule has 0 saturated heterocycles. The lowest BCUT2D eigenvalue weighted by molar-refractivity contribution is -0.141. The van der Waals surface area contributed by atoms with Crippen molar-refractivity contribution >= 4 is 27.5 Å². The van der Waals surface area contributed by atoms with Crippen LogP contribution in [0.1, 0.15) is 28.8 Å². The third-order valence-corrected chi connectivity index (χ3v) is 7.85. The fraction of sp³-hybridized carbons (Fsp3) is 0.161. The minimum absolute atomic E-state index is 0.0649. The Bertz CT molecular complexity index is 1520. The molecule has 4 aromatic rings. The van der Waals surface area contributed by atoms with Crippen LogP contribution in [0.5, 0.6) is 5.75 Å². The number of ketones is 1. The van der Waals surface area contributed by atoms with Crippen molar-refractivity contribution in [2.75, 3.05) is 11.8 Å². The van der Waals surface area contributed by atoms with E-state index in [2.05, 4.69) is 4.72 Å². The van der Waals surface area contributed by atoms with Gasteiger partial charge in [-0.25, -0.2) is 8.42 Å². The number of aryl methyl sites for hydroxylation is 1. The molecule has 0 spiro atoms. The van der Waals surface area contributed by atoms with Gasteiger partial charge in [0.25, 0.3) is 10.0 Å². The van der Waals surface area contributed by atoms with E-state index >= 15 is 0 Å². The normalized spacial score (nSPS) is 11.9. The fourth-order valence-corrected chi connectivity index (χ4v) is 5.25. The Morgan fingerprint density at radius 2 is 1.41 bits per heavy atom. The second-order valence-corrected chi connectivity index (χ2v) is 10.8. The van der Waals surface area contributed by atoms with Crippen LogP contribution in [0.4, 0.5) is 5.69 Å². The van der Waals surface area contributed by atoms with Crippen molar-refractivity contribution in [3.05, 3.63) is 114 Å². The van der Waals surface area contributed by atoms with Crippen molar-refractivity contribution < 1.29 is 27.9 Å². The first-order valence-corrected chi connectivity index (χ1v) is 13.9. The molecule has 0 bridgehead atoms. The molecule has 0 saturated carbocycles. The van der Waals surface area contributed by atoms with E-state index in [1.54, 1.807) is 60.7 Å². The minimum atomic E-state index is -3.75. The van der Waals surface area contributed by atoms with Crippen molar-refractivity contribution in [2.45, 2.75) is 24.2 Å². The summed E-state index contributed by atoms with van der Waals surface area (Å²) in [6.45, 7) is 0. The highest BCUT2D eigenvalue weighted by Crippen LogP contribution is 2.25. The number of rotatable bonds is 12. The van der Waals surface area contributed by atoms with E-state index in [1.807, 2.05) is 30.3 Å². The molecule has 4 rings (SSSR count). The molecule has 39 heavy (non-hydrogen) atoms. The number of nitrogens with one attached hydrogen (secondary N) is 1. The Morgan fingerprint density at radius 3 is 1.97 bits per heavy atom. The number of hydrogen-bond acceptors (Lipinski definition) is 5. The average molecular weight is 544 g/mol. The summed E-state index contributed by atoms with van der Waals surface area (Å²) >= 11 is 0. The number of sulfonamides is 1. The van der Waals surface area contributed by atoms with Crippen molar-refractivity contribution in [1.82, 2.24) is 0 Å². The quantitative estimate of drug-likeness (QED) is 0.210. The first kappa shape index (κ1) is 27.6. The van der Waals surface area contributed by atoms with Crippen molar-refractivity contribution in [1.29, 1.82) is 0 Å². The third-order valence-electron chi connectivity index (χ3n) is 6.45. The lowest BCUT2D eigenvalue weighted by atomic mass is 9.92. The number of carbonyl (C=O) groups excluding carboxylic acids is 1. The molecule has 1 atom stereocenters. The smallest absolute Gasteiger partial charge is 0.306 e. The molecule has 2 N–H and O–H groups in total. The highest BCUT2D eigenvalue weighted by atomic mass is 32.2. The van der Waals surface area contributed by atoms with Crippen LogP contribution in [0.2, 0.25) is 0 Å². The first-order valence-electron chi connectivity index (χ1n) is 12.4. The fourth-order valence-electron chi connectivity index (χ4n) is 4.19. The Morgan fingerprint density at radius 1 is 0.821 bits per heavy atom. The Balaban J connectivity index is 1.38. The summed E-state index contributed by atoms with van der Waals surface area (Å²) in [5.41, 5.74) is 3.59. The molecule has 0 amide bonds. The van der Waals surface area contributed by atoms with Crippen LogP contribution < -0.4 is 9.46 Å². The van der Waals surface area contributed by atoms with Crippen molar-refractivity contribution in [3.8, 4) is 16.9 Å². The summed E-state index contributed by atoms with van der Waals surface area (Å²) in [5.74, 6) is -1.38. The Labute approximate surface area is 228 Å². The van der Waals surface area contributed by atoms with E-state index in [1.165, 1.54) is 19.2 Å². The molecule has 200 valence electrons. The number of Topliss-reactive ketones (excluding diaryl/α,β-unsaturated/α-hetero) is 1. The average Bonchev–Trinajstić information content (AvgIpc) is 2.96. The largest absolute Gasteiger partial charge is 0.497 e. The van der Waals surface area contributed by atoms with E-state index in [9.17, 15) is 23.1 Å². The van der Waals surface area contributed by atoms with Gasteiger partial charge in [-0.1, -0.05) is 66.7 Å². The maximum Gasteiger partial charge on any atom is 0.306 e. The number of methoxy groups -OCH3 is 1. The summed E-state index contributed by atoms with van der Waals surface area (Å²) in [7, 11) is -2.24. The van der Waals surface area contributed by atoms with Gasteiger partial charge >= 0.3 is 5.97 Å². The van der Waals surface area contributed by atoms with Gasteiger partial charge in [0.1, 0.15) is 5.75 Å². The van der Waals surface area contributed by atoms with E-state index in [0.717, 1.165) is 16.7 Å². The SMILES string of the molecule is COc1ccc(S(=O)(=O)Nc2ccc(-c3ccc(C(=O)CC(CCc4ccccc4)C(=O)O)cc3)cc2)cc1. The summed E-state index contributed by atoms with van der Waals surface area (Å²) < 4.78 is 33.0. The number of carboxylic acids is 1. The second kappa shape index (κ2) is 12.4. The van der Waals surface area contributed by atoms with Gasteiger partial charge in [-0.2, -0.15) is 0 Å². The van der Waals surface area contributed by atoms with Crippen LogP contribution >= 0.6 is 0 Å². The summed E-state index contributed by atoms with van der Waals surface area (Å²) in [5, 5.41) is 9.62. The zero-order valence-corrected chi connectivity index (χ0v) is 22.2. The molecule has 1 unspecified atom stereocenters. The van der Waals surface area contributed by atoms with Gasteiger partial charge in [0.2, 0.25) is 0 Å². The molecule has 0 aliphatic rings. The number of benzene rings is 4. The summed E-state index contributed by atoms with van der Waals surface area (Å²) in [6, 6.07) is 29.6. The highest BCUT2D eigenvalue weighted by molar-refractivity contribution is 7.92. The third kappa shape index (κ3) is 7.33. The zero-order chi connectivity index (χ0) is 27.8. The molecule has 0 heterocycles. The molecule has 4 aromatic carbocycles. The number of aliphatic carboxylic acids is 1. The number of carboxylic acid groups (broad SMARTS) is 1. The van der Waals surface area contributed by atoms with Gasteiger partial charge in [0.05, 0.1) is 17.9 Å². The van der Waals surface area contributed by atoms with Crippen molar-refractivity contribution in [3.63, 3.8) is 0 Å². The molecule has 0 fully saturated rings.